The number of benzene rings is 1. The fourth-order valence-corrected chi connectivity index (χ4v) is 1.97. The molecule has 0 aliphatic heterocycles. The minimum atomic E-state index is -1.82. The molecule has 0 saturated heterocycles. The van der Waals surface area contributed by atoms with Crippen molar-refractivity contribution in [3.05, 3.63) is 33.9 Å². The van der Waals surface area contributed by atoms with Crippen molar-refractivity contribution in [3.8, 4) is 0 Å². The first-order valence-electron chi connectivity index (χ1n) is 7.10. The molecule has 22 heavy (non-hydrogen) atoms. The second-order valence-corrected chi connectivity index (χ2v) is 4.87. The highest BCUT2D eigenvalue weighted by Crippen LogP contribution is 2.16. The van der Waals surface area contributed by atoms with Gasteiger partial charge in [0.25, 0.3) is 11.6 Å². The number of amides is 1. The highest BCUT2D eigenvalue weighted by atomic mass is 16.6. The van der Waals surface area contributed by atoms with Crippen LogP contribution in [0.5, 0.6) is 0 Å². The fourth-order valence-electron chi connectivity index (χ4n) is 1.97. The van der Waals surface area contributed by atoms with E-state index in [2.05, 4.69) is 5.32 Å². The van der Waals surface area contributed by atoms with Gasteiger partial charge in [0.05, 0.1) is 4.92 Å². The molecule has 0 atom stereocenters. The summed E-state index contributed by atoms with van der Waals surface area (Å²) in [5.74, 6) is -0.551. The molecular weight excluding hydrogens is 289 g/mol. The van der Waals surface area contributed by atoms with Gasteiger partial charge < -0.3 is 21.1 Å². The Morgan fingerprint density at radius 2 is 1.95 bits per heavy atom. The Bertz CT molecular complexity index is 524. The average Bonchev–Trinajstić information content (AvgIpc) is 2.49. The molecule has 8 nitrogen and oxygen atoms in total. The van der Waals surface area contributed by atoms with Crippen LogP contribution < -0.4 is 16.5 Å². The first kappa shape index (κ1) is 18.1. The van der Waals surface area contributed by atoms with Gasteiger partial charge in [-0.15, -0.1) is 0 Å². The molecule has 1 aromatic carbocycles. The van der Waals surface area contributed by atoms with Gasteiger partial charge in [-0.05, 0) is 30.9 Å². The lowest BCUT2D eigenvalue weighted by Gasteiger charge is -2.07. The van der Waals surface area contributed by atoms with Crippen LogP contribution in [0.25, 0.3) is 0 Å². The lowest BCUT2D eigenvalue weighted by atomic mass is 9.79. The zero-order chi connectivity index (χ0) is 16.5. The Morgan fingerprint density at radius 1 is 1.27 bits per heavy atom. The molecule has 1 rings (SSSR count). The SMILES string of the molecule is NCCCCCCNC(=O)c1ccc(B(O)O)cc1[N+](=O)[O-]. The van der Waals surface area contributed by atoms with Crippen LogP contribution in [-0.2, 0) is 0 Å². The summed E-state index contributed by atoms with van der Waals surface area (Å²) in [4.78, 5) is 22.3. The van der Waals surface area contributed by atoms with Gasteiger partial charge in [-0.1, -0.05) is 18.9 Å². The maximum absolute atomic E-state index is 12.0. The van der Waals surface area contributed by atoms with Crippen molar-refractivity contribution in [1.82, 2.24) is 5.32 Å². The normalized spacial score (nSPS) is 10.3. The van der Waals surface area contributed by atoms with E-state index in [1.807, 2.05) is 0 Å². The van der Waals surface area contributed by atoms with Gasteiger partial charge in [-0.3, -0.25) is 14.9 Å². The van der Waals surface area contributed by atoms with Crippen molar-refractivity contribution >= 4 is 24.2 Å². The minimum absolute atomic E-state index is 0.0370. The number of unbranched alkanes of at least 4 members (excludes halogenated alkanes) is 3. The summed E-state index contributed by atoms with van der Waals surface area (Å²) in [5.41, 5.74) is 4.79. The third-order valence-electron chi connectivity index (χ3n) is 3.18. The van der Waals surface area contributed by atoms with Crippen LogP contribution in [0.2, 0.25) is 0 Å². The van der Waals surface area contributed by atoms with Gasteiger partial charge in [0.15, 0.2) is 0 Å². The van der Waals surface area contributed by atoms with Crippen molar-refractivity contribution in [3.63, 3.8) is 0 Å². The zero-order valence-corrected chi connectivity index (χ0v) is 12.2. The van der Waals surface area contributed by atoms with Crippen LogP contribution in [0.1, 0.15) is 36.0 Å². The number of carbonyl (C=O) groups excluding carboxylic acids is 1. The number of nitro benzene ring substituents is 1. The number of nitro groups is 1. The van der Waals surface area contributed by atoms with Gasteiger partial charge in [0.2, 0.25) is 0 Å². The second-order valence-electron chi connectivity index (χ2n) is 4.87. The molecule has 0 bridgehead atoms. The van der Waals surface area contributed by atoms with E-state index in [1.54, 1.807) is 0 Å². The summed E-state index contributed by atoms with van der Waals surface area (Å²) in [7, 11) is -1.82. The van der Waals surface area contributed by atoms with Crippen LogP contribution in [0, 0.1) is 10.1 Å². The van der Waals surface area contributed by atoms with E-state index >= 15 is 0 Å². The van der Waals surface area contributed by atoms with E-state index in [-0.39, 0.29) is 11.0 Å². The molecular formula is C13H20BN3O5. The summed E-state index contributed by atoms with van der Waals surface area (Å²) in [6, 6.07) is 3.48. The highest BCUT2D eigenvalue weighted by Gasteiger charge is 2.23. The summed E-state index contributed by atoms with van der Waals surface area (Å²) >= 11 is 0. The second kappa shape index (κ2) is 9.13. The molecule has 0 heterocycles. The molecule has 9 heteroatoms. The van der Waals surface area contributed by atoms with Crippen molar-refractivity contribution < 1.29 is 19.8 Å². The molecule has 0 aliphatic rings. The molecule has 0 spiro atoms. The molecule has 0 aromatic heterocycles. The van der Waals surface area contributed by atoms with Gasteiger partial charge in [0, 0.05) is 12.6 Å². The maximum Gasteiger partial charge on any atom is 0.488 e. The van der Waals surface area contributed by atoms with Crippen LogP contribution >= 0.6 is 0 Å². The molecule has 0 saturated carbocycles. The van der Waals surface area contributed by atoms with E-state index in [0.717, 1.165) is 31.7 Å². The molecule has 120 valence electrons. The molecule has 5 N–H and O–H groups in total. The molecule has 1 aromatic rings. The van der Waals surface area contributed by atoms with Crippen molar-refractivity contribution in [2.24, 2.45) is 5.73 Å². The lowest BCUT2D eigenvalue weighted by molar-refractivity contribution is -0.385. The molecule has 0 radical (unpaired) electrons. The van der Waals surface area contributed by atoms with E-state index < -0.39 is 23.6 Å². The van der Waals surface area contributed by atoms with E-state index in [4.69, 9.17) is 15.8 Å². The summed E-state index contributed by atoms with van der Waals surface area (Å²) in [5, 5.41) is 31.7. The predicted octanol–water partition coefficient (Wildman–Crippen LogP) is -0.476. The van der Waals surface area contributed by atoms with Crippen LogP contribution in [-0.4, -0.2) is 41.1 Å². The first-order valence-corrected chi connectivity index (χ1v) is 7.10. The Labute approximate surface area is 128 Å². The Kier molecular flexibility index (Phi) is 7.51. The number of hydrogen-bond donors (Lipinski definition) is 4. The highest BCUT2D eigenvalue weighted by molar-refractivity contribution is 6.58. The van der Waals surface area contributed by atoms with Crippen molar-refractivity contribution in [2.45, 2.75) is 25.7 Å². The topological polar surface area (TPSA) is 139 Å². The Balaban J connectivity index is 2.66. The van der Waals surface area contributed by atoms with E-state index in [9.17, 15) is 14.9 Å². The Hall–Kier alpha value is -1.97. The number of nitrogens with two attached hydrogens (primary N) is 1. The third kappa shape index (κ3) is 5.43. The number of rotatable bonds is 9. The number of nitrogens with zero attached hydrogens (tertiary/aromatic N) is 1. The summed E-state index contributed by atoms with van der Waals surface area (Å²) in [6.07, 6.45) is 3.61. The van der Waals surface area contributed by atoms with Gasteiger partial charge in [-0.2, -0.15) is 0 Å². The monoisotopic (exact) mass is 309 g/mol. The molecule has 1 amide bonds. The zero-order valence-electron chi connectivity index (χ0n) is 12.2. The standard InChI is InChI=1S/C13H20BN3O5/c15-7-3-1-2-4-8-16-13(18)11-6-5-10(14(19)20)9-12(11)17(21)22/h5-6,9,19-20H,1-4,7-8,15H2,(H,16,18). The van der Waals surface area contributed by atoms with Gasteiger partial charge >= 0.3 is 7.12 Å². The summed E-state index contributed by atoms with van der Waals surface area (Å²) in [6.45, 7) is 1.06. The molecule has 0 fully saturated rings. The first-order chi connectivity index (χ1) is 10.5. The quantitative estimate of drug-likeness (QED) is 0.210. The van der Waals surface area contributed by atoms with E-state index in [1.165, 1.54) is 12.1 Å². The maximum atomic E-state index is 12.0. The number of carbonyl (C=O) groups is 1. The number of nitrogens with one attached hydrogen (secondary N) is 1. The molecule has 0 aliphatic carbocycles. The van der Waals surface area contributed by atoms with Crippen molar-refractivity contribution in [2.75, 3.05) is 13.1 Å². The summed E-state index contributed by atoms with van der Waals surface area (Å²) < 4.78 is 0. The Morgan fingerprint density at radius 3 is 2.55 bits per heavy atom. The van der Waals surface area contributed by atoms with Gasteiger partial charge in [-0.25, -0.2) is 0 Å². The largest absolute Gasteiger partial charge is 0.488 e. The van der Waals surface area contributed by atoms with Crippen LogP contribution in [0.3, 0.4) is 0 Å². The fraction of sp³-hybridized carbons (Fsp3) is 0.462. The van der Waals surface area contributed by atoms with Crippen molar-refractivity contribution in [1.29, 1.82) is 0 Å². The lowest BCUT2D eigenvalue weighted by Crippen LogP contribution is -2.31. The van der Waals surface area contributed by atoms with E-state index in [0.29, 0.717) is 13.1 Å². The van der Waals surface area contributed by atoms with Crippen LogP contribution in [0.15, 0.2) is 18.2 Å². The average molecular weight is 309 g/mol. The molecule has 0 unspecified atom stereocenters. The smallest absolute Gasteiger partial charge is 0.423 e. The third-order valence-corrected chi connectivity index (χ3v) is 3.18. The minimum Gasteiger partial charge on any atom is -0.423 e. The van der Waals surface area contributed by atoms with Crippen LogP contribution in [0.4, 0.5) is 5.69 Å². The predicted molar refractivity (Wildman–Crippen MR) is 82.8 cm³/mol. The number of hydrogen-bond acceptors (Lipinski definition) is 6. The van der Waals surface area contributed by atoms with Gasteiger partial charge in [0.1, 0.15) is 5.56 Å².